The predicted molar refractivity (Wildman–Crippen MR) is 81.7 cm³/mol. The van der Waals surface area contributed by atoms with E-state index >= 15 is 0 Å². The number of nitrogens with zero attached hydrogens (tertiary/aromatic N) is 1. The average molecular weight is 281 g/mol. The monoisotopic (exact) mass is 281 g/mol. The maximum absolute atomic E-state index is 12.6. The molecule has 2 N–H and O–H groups in total. The van der Waals surface area contributed by atoms with Gasteiger partial charge < -0.3 is 10.6 Å². The van der Waals surface area contributed by atoms with Crippen LogP contribution in [0, 0.1) is 0 Å². The minimum absolute atomic E-state index is 0.0489. The Morgan fingerprint density at radius 2 is 2.10 bits per heavy atom. The highest BCUT2D eigenvalue weighted by Gasteiger charge is 2.27. The number of fused-ring (bicyclic) bond motifs is 1. The molecule has 0 fully saturated rings. The van der Waals surface area contributed by atoms with E-state index in [1.54, 1.807) is 6.20 Å². The summed E-state index contributed by atoms with van der Waals surface area (Å²) in [6, 6.07) is 13.8. The Morgan fingerprint density at radius 3 is 2.90 bits per heavy atom. The van der Waals surface area contributed by atoms with Gasteiger partial charge >= 0.3 is 0 Å². The van der Waals surface area contributed by atoms with E-state index in [2.05, 4.69) is 21.7 Å². The van der Waals surface area contributed by atoms with Crippen LogP contribution in [0.4, 0.5) is 0 Å². The van der Waals surface area contributed by atoms with Crippen molar-refractivity contribution in [1.29, 1.82) is 0 Å². The summed E-state index contributed by atoms with van der Waals surface area (Å²) in [4.78, 5) is 16.9. The fraction of sp³-hybridized carbons (Fsp3) is 0.294. The van der Waals surface area contributed by atoms with Gasteiger partial charge in [-0.25, -0.2) is 0 Å². The van der Waals surface area contributed by atoms with E-state index in [0.29, 0.717) is 6.54 Å². The van der Waals surface area contributed by atoms with Crippen molar-refractivity contribution in [2.24, 2.45) is 0 Å². The Balaban J connectivity index is 1.75. The van der Waals surface area contributed by atoms with Gasteiger partial charge in [-0.2, -0.15) is 0 Å². The first-order chi connectivity index (χ1) is 10.3. The fourth-order valence-electron chi connectivity index (χ4n) is 2.75. The maximum atomic E-state index is 12.6. The summed E-state index contributed by atoms with van der Waals surface area (Å²) in [6.07, 6.45) is 1.75. The van der Waals surface area contributed by atoms with Crippen molar-refractivity contribution in [2.75, 3.05) is 6.54 Å². The van der Waals surface area contributed by atoms with Crippen LogP contribution in [0.25, 0.3) is 0 Å². The van der Waals surface area contributed by atoms with Crippen molar-refractivity contribution in [3.05, 3.63) is 65.5 Å². The molecule has 0 radical (unpaired) electrons. The van der Waals surface area contributed by atoms with E-state index in [0.717, 1.165) is 17.8 Å². The summed E-state index contributed by atoms with van der Waals surface area (Å²) in [6.45, 7) is 3.47. The lowest BCUT2D eigenvalue weighted by Crippen LogP contribution is -2.39. The van der Waals surface area contributed by atoms with E-state index in [-0.39, 0.29) is 17.9 Å². The van der Waals surface area contributed by atoms with Gasteiger partial charge in [0.2, 0.25) is 5.91 Å². The molecule has 0 saturated carbocycles. The molecule has 1 aliphatic rings. The molecule has 1 amide bonds. The molecule has 3 rings (SSSR count). The van der Waals surface area contributed by atoms with Crippen molar-refractivity contribution in [3.8, 4) is 0 Å². The predicted octanol–water partition coefficient (Wildman–Crippen LogP) is 2.15. The maximum Gasteiger partial charge on any atom is 0.229 e. The van der Waals surface area contributed by atoms with Crippen molar-refractivity contribution >= 4 is 5.91 Å². The lowest BCUT2D eigenvalue weighted by Gasteiger charge is -2.26. The van der Waals surface area contributed by atoms with Crippen LogP contribution in [0.5, 0.6) is 0 Å². The van der Waals surface area contributed by atoms with Crippen LogP contribution in [0.3, 0.4) is 0 Å². The highest BCUT2D eigenvalue weighted by Crippen LogP contribution is 2.24. The first-order valence-electron chi connectivity index (χ1n) is 7.25. The second kappa shape index (κ2) is 6.06. The Labute approximate surface area is 124 Å². The topological polar surface area (TPSA) is 54.0 Å². The summed E-state index contributed by atoms with van der Waals surface area (Å²) < 4.78 is 0. The fourth-order valence-corrected chi connectivity index (χ4v) is 2.75. The summed E-state index contributed by atoms with van der Waals surface area (Å²) in [7, 11) is 0. The molecular weight excluding hydrogens is 262 g/mol. The molecule has 1 unspecified atom stereocenters. The zero-order valence-electron chi connectivity index (χ0n) is 12.0. The van der Waals surface area contributed by atoms with Gasteiger partial charge in [-0.3, -0.25) is 9.78 Å². The molecule has 2 heterocycles. The molecule has 0 aliphatic carbocycles. The number of carbonyl (C=O) groups excluding carboxylic acids is 1. The minimum atomic E-state index is -0.138. The third kappa shape index (κ3) is 2.95. The summed E-state index contributed by atoms with van der Waals surface area (Å²) in [5, 5.41) is 6.37. The number of nitrogens with one attached hydrogen (secondary N) is 2. The zero-order valence-corrected chi connectivity index (χ0v) is 12.0. The van der Waals surface area contributed by atoms with E-state index in [1.807, 2.05) is 43.3 Å². The van der Waals surface area contributed by atoms with Crippen LogP contribution in [0.2, 0.25) is 0 Å². The largest absolute Gasteiger partial charge is 0.347 e. The standard InChI is InChI=1S/C17H19N3O/c1-12(16-8-4-5-9-19-16)20-17(21)15-11-18-10-13-6-2-3-7-14(13)15/h2-9,12,15,18H,10-11H2,1H3,(H,20,21)/t12-,15?/m1/s1. The van der Waals surface area contributed by atoms with Crippen molar-refractivity contribution in [3.63, 3.8) is 0 Å². The number of pyridine rings is 1. The molecular formula is C17H19N3O. The molecule has 4 heteroatoms. The first-order valence-corrected chi connectivity index (χ1v) is 7.25. The van der Waals surface area contributed by atoms with Crippen LogP contribution < -0.4 is 10.6 Å². The van der Waals surface area contributed by atoms with Crippen LogP contribution in [-0.2, 0) is 11.3 Å². The Bertz CT molecular complexity index is 627. The number of hydrogen-bond donors (Lipinski definition) is 2. The Kier molecular flexibility index (Phi) is 3.97. The van der Waals surface area contributed by atoms with Gasteiger partial charge in [-0.1, -0.05) is 30.3 Å². The SMILES string of the molecule is C[C@@H](NC(=O)C1CNCc2ccccc21)c1ccccn1. The third-order valence-corrected chi connectivity index (χ3v) is 3.90. The molecule has 0 spiro atoms. The molecule has 2 aromatic rings. The van der Waals surface area contributed by atoms with Gasteiger partial charge in [0.25, 0.3) is 0 Å². The molecule has 1 aliphatic heterocycles. The van der Waals surface area contributed by atoms with Gasteiger partial charge in [0.05, 0.1) is 17.7 Å². The molecule has 1 aromatic heterocycles. The van der Waals surface area contributed by atoms with Crippen molar-refractivity contribution < 1.29 is 4.79 Å². The second-order valence-corrected chi connectivity index (χ2v) is 5.37. The summed E-state index contributed by atoms with van der Waals surface area (Å²) in [5.74, 6) is -0.0890. The lowest BCUT2D eigenvalue weighted by molar-refractivity contribution is -0.123. The van der Waals surface area contributed by atoms with Crippen LogP contribution >= 0.6 is 0 Å². The number of benzene rings is 1. The lowest BCUT2D eigenvalue weighted by atomic mass is 9.90. The number of hydrogen-bond acceptors (Lipinski definition) is 3. The van der Waals surface area contributed by atoms with Crippen LogP contribution in [-0.4, -0.2) is 17.4 Å². The highest BCUT2D eigenvalue weighted by atomic mass is 16.2. The smallest absolute Gasteiger partial charge is 0.229 e. The van der Waals surface area contributed by atoms with Crippen LogP contribution in [0.15, 0.2) is 48.7 Å². The van der Waals surface area contributed by atoms with Crippen molar-refractivity contribution in [2.45, 2.75) is 25.4 Å². The highest BCUT2D eigenvalue weighted by molar-refractivity contribution is 5.85. The second-order valence-electron chi connectivity index (χ2n) is 5.37. The van der Waals surface area contributed by atoms with E-state index in [4.69, 9.17) is 0 Å². The van der Waals surface area contributed by atoms with Crippen LogP contribution in [0.1, 0.15) is 35.7 Å². The molecule has 21 heavy (non-hydrogen) atoms. The molecule has 2 atom stereocenters. The van der Waals surface area contributed by atoms with E-state index in [1.165, 1.54) is 5.56 Å². The molecule has 0 saturated heterocycles. The Hall–Kier alpha value is -2.20. The quantitative estimate of drug-likeness (QED) is 0.906. The molecule has 0 bridgehead atoms. The summed E-state index contributed by atoms with van der Waals surface area (Å²) >= 11 is 0. The zero-order chi connectivity index (χ0) is 14.7. The number of aromatic nitrogens is 1. The first kappa shape index (κ1) is 13.8. The summed E-state index contributed by atoms with van der Waals surface area (Å²) in [5.41, 5.74) is 3.21. The molecule has 1 aromatic carbocycles. The normalized spacial score (nSPS) is 18.6. The third-order valence-electron chi connectivity index (χ3n) is 3.90. The van der Waals surface area contributed by atoms with Gasteiger partial charge in [-0.05, 0) is 30.2 Å². The van der Waals surface area contributed by atoms with E-state index < -0.39 is 0 Å². The number of rotatable bonds is 3. The number of carbonyl (C=O) groups is 1. The molecule has 4 nitrogen and oxygen atoms in total. The van der Waals surface area contributed by atoms with Gasteiger partial charge in [0.15, 0.2) is 0 Å². The minimum Gasteiger partial charge on any atom is -0.347 e. The van der Waals surface area contributed by atoms with E-state index in [9.17, 15) is 4.79 Å². The van der Waals surface area contributed by atoms with Crippen molar-refractivity contribution in [1.82, 2.24) is 15.6 Å². The van der Waals surface area contributed by atoms with Gasteiger partial charge in [0.1, 0.15) is 0 Å². The average Bonchev–Trinajstić information content (AvgIpc) is 2.55. The Morgan fingerprint density at radius 1 is 1.29 bits per heavy atom. The molecule has 108 valence electrons. The van der Waals surface area contributed by atoms with Gasteiger partial charge in [-0.15, -0.1) is 0 Å². The van der Waals surface area contributed by atoms with Gasteiger partial charge in [0, 0.05) is 19.3 Å². The number of amides is 1.